The van der Waals surface area contributed by atoms with Crippen LogP contribution in [0, 0.1) is 0 Å². The molecule has 0 fully saturated rings. The fourth-order valence-electron chi connectivity index (χ4n) is 4.92. The van der Waals surface area contributed by atoms with Crippen molar-refractivity contribution in [3.05, 3.63) is 70.8 Å². The Kier molecular flexibility index (Phi) is 5.47. The lowest BCUT2D eigenvalue weighted by atomic mass is 10.00. The van der Waals surface area contributed by atoms with Crippen LogP contribution in [0.15, 0.2) is 48.5 Å². The number of hydrogen-bond donors (Lipinski definition) is 1. The summed E-state index contributed by atoms with van der Waals surface area (Å²) in [7, 11) is 0. The predicted molar refractivity (Wildman–Crippen MR) is 110 cm³/mol. The Morgan fingerprint density at radius 2 is 1.32 bits per heavy atom. The van der Waals surface area contributed by atoms with E-state index in [9.17, 15) is 9.59 Å². The van der Waals surface area contributed by atoms with Crippen LogP contribution in [0.4, 0.5) is 0 Å². The molecule has 28 heavy (non-hydrogen) atoms. The number of amides is 2. The van der Waals surface area contributed by atoms with Gasteiger partial charge in [0.05, 0.1) is 12.1 Å². The van der Waals surface area contributed by atoms with Crippen LogP contribution in [0.3, 0.4) is 0 Å². The van der Waals surface area contributed by atoms with Crippen LogP contribution in [0.1, 0.15) is 72.9 Å². The highest BCUT2D eigenvalue weighted by molar-refractivity contribution is 5.78. The number of primary amides is 1. The zero-order valence-corrected chi connectivity index (χ0v) is 16.3. The first-order chi connectivity index (χ1) is 13.6. The lowest BCUT2D eigenvalue weighted by Gasteiger charge is -2.36. The van der Waals surface area contributed by atoms with E-state index in [1.54, 1.807) is 0 Å². The molecule has 0 saturated carbocycles. The molecule has 4 nitrogen and oxygen atoms in total. The SMILES string of the molecule is NC(=O)CCCCC(=O)N(C1CCc2ccccc21)C1CCc2ccccc21. The maximum absolute atomic E-state index is 13.4. The minimum Gasteiger partial charge on any atom is -0.370 e. The summed E-state index contributed by atoms with van der Waals surface area (Å²) in [5.41, 5.74) is 10.6. The summed E-state index contributed by atoms with van der Waals surface area (Å²) < 4.78 is 0. The summed E-state index contributed by atoms with van der Waals surface area (Å²) in [6.07, 6.45) is 6.26. The molecule has 0 bridgehead atoms. The Morgan fingerprint density at radius 3 is 1.86 bits per heavy atom. The van der Waals surface area contributed by atoms with E-state index in [1.807, 2.05) is 0 Å². The van der Waals surface area contributed by atoms with E-state index in [0.717, 1.165) is 25.7 Å². The van der Waals surface area contributed by atoms with Crippen molar-refractivity contribution in [3.8, 4) is 0 Å². The highest BCUT2D eigenvalue weighted by atomic mass is 16.2. The Bertz CT molecular complexity index is 821. The molecule has 0 saturated heterocycles. The van der Waals surface area contributed by atoms with Crippen LogP contribution in [0.25, 0.3) is 0 Å². The first kappa shape index (κ1) is 18.7. The number of fused-ring (bicyclic) bond motifs is 2. The lowest BCUT2D eigenvalue weighted by Crippen LogP contribution is -2.36. The third-order valence-corrected chi connectivity index (χ3v) is 6.23. The summed E-state index contributed by atoms with van der Waals surface area (Å²) in [6, 6.07) is 17.4. The normalized spacial score (nSPS) is 19.9. The maximum atomic E-state index is 13.4. The Morgan fingerprint density at radius 1 is 0.821 bits per heavy atom. The van der Waals surface area contributed by atoms with Gasteiger partial charge in [-0.05, 0) is 60.8 Å². The summed E-state index contributed by atoms with van der Waals surface area (Å²) in [6.45, 7) is 0. The van der Waals surface area contributed by atoms with Crippen molar-refractivity contribution in [2.45, 2.75) is 63.5 Å². The molecule has 2 aliphatic carbocycles. The number of benzene rings is 2. The molecule has 0 aliphatic heterocycles. The molecule has 2 atom stereocenters. The minimum atomic E-state index is -0.293. The van der Waals surface area contributed by atoms with Gasteiger partial charge in [-0.1, -0.05) is 48.5 Å². The van der Waals surface area contributed by atoms with Crippen molar-refractivity contribution in [2.75, 3.05) is 0 Å². The number of carbonyl (C=O) groups is 2. The van der Waals surface area contributed by atoms with E-state index >= 15 is 0 Å². The van der Waals surface area contributed by atoms with Crippen molar-refractivity contribution in [1.29, 1.82) is 0 Å². The van der Waals surface area contributed by atoms with Crippen molar-refractivity contribution in [1.82, 2.24) is 4.90 Å². The first-order valence-electron chi connectivity index (χ1n) is 10.4. The molecule has 0 heterocycles. The number of aryl methyl sites for hydroxylation is 2. The van der Waals surface area contributed by atoms with Gasteiger partial charge in [-0.25, -0.2) is 0 Å². The average Bonchev–Trinajstić information content (AvgIpc) is 3.31. The molecule has 2 unspecified atom stereocenters. The van der Waals surface area contributed by atoms with E-state index in [-0.39, 0.29) is 23.9 Å². The van der Waals surface area contributed by atoms with Crippen molar-refractivity contribution in [2.24, 2.45) is 5.73 Å². The number of nitrogens with two attached hydrogens (primary N) is 1. The number of unbranched alkanes of at least 4 members (excludes halogenated alkanes) is 1. The van der Waals surface area contributed by atoms with Gasteiger partial charge in [0.15, 0.2) is 0 Å². The minimum absolute atomic E-state index is 0.149. The molecule has 0 spiro atoms. The van der Waals surface area contributed by atoms with Gasteiger partial charge in [0.25, 0.3) is 0 Å². The lowest BCUT2D eigenvalue weighted by molar-refractivity contribution is -0.137. The number of nitrogens with zero attached hydrogens (tertiary/aromatic N) is 1. The maximum Gasteiger partial charge on any atom is 0.223 e. The summed E-state index contributed by atoms with van der Waals surface area (Å²) in [5, 5.41) is 0. The zero-order chi connectivity index (χ0) is 19.5. The first-order valence-corrected chi connectivity index (χ1v) is 10.4. The van der Waals surface area contributed by atoms with E-state index in [0.29, 0.717) is 25.7 Å². The van der Waals surface area contributed by atoms with Gasteiger partial charge in [-0.15, -0.1) is 0 Å². The van der Waals surface area contributed by atoms with Gasteiger partial charge in [0.1, 0.15) is 0 Å². The zero-order valence-electron chi connectivity index (χ0n) is 16.3. The topological polar surface area (TPSA) is 63.4 Å². The summed E-state index contributed by atoms with van der Waals surface area (Å²) in [4.78, 5) is 26.6. The molecule has 2 aromatic carbocycles. The van der Waals surface area contributed by atoms with Crippen molar-refractivity contribution < 1.29 is 9.59 Å². The Balaban J connectivity index is 1.59. The van der Waals surface area contributed by atoms with Crippen LogP contribution in [-0.2, 0) is 22.4 Å². The third-order valence-electron chi connectivity index (χ3n) is 6.23. The molecule has 0 aromatic heterocycles. The molecule has 2 N–H and O–H groups in total. The highest BCUT2D eigenvalue weighted by Crippen LogP contribution is 2.45. The van der Waals surface area contributed by atoms with Gasteiger partial charge in [-0.2, -0.15) is 0 Å². The molecular weight excluding hydrogens is 348 g/mol. The summed E-state index contributed by atoms with van der Waals surface area (Å²) in [5.74, 6) is -0.0911. The van der Waals surface area contributed by atoms with E-state index in [1.165, 1.54) is 22.3 Å². The van der Waals surface area contributed by atoms with E-state index in [4.69, 9.17) is 5.73 Å². The second-order valence-electron chi connectivity index (χ2n) is 7.98. The molecule has 146 valence electrons. The predicted octanol–water partition coefficient (Wildman–Crippen LogP) is 4.24. The second kappa shape index (κ2) is 8.17. The Labute approximate surface area is 166 Å². The van der Waals surface area contributed by atoms with Gasteiger partial charge >= 0.3 is 0 Å². The standard InChI is InChI=1S/C24H28N2O2/c25-23(27)11-5-6-12-24(28)26(21-15-13-17-7-1-3-9-19(17)21)22-16-14-18-8-2-4-10-20(18)22/h1-4,7-10,21-22H,5-6,11-16H2,(H2,25,27). The van der Waals surface area contributed by atoms with Crippen molar-refractivity contribution in [3.63, 3.8) is 0 Å². The Hall–Kier alpha value is -2.62. The second-order valence-corrected chi connectivity index (χ2v) is 7.98. The van der Waals surface area contributed by atoms with Crippen LogP contribution in [0.2, 0.25) is 0 Å². The summed E-state index contributed by atoms with van der Waals surface area (Å²) >= 11 is 0. The van der Waals surface area contributed by atoms with Gasteiger partial charge in [0, 0.05) is 12.8 Å². The molecule has 4 rings (SSSR count). The van der Waals surface area contributed by atoms with Crippen LogP contribution in [0.5, 0.6) is 0 Å². The van der Waals surface area contributed by atoms with Crippen molar-refractivity contribution >= 4 is 11.8 Å². The monoisotopic (exact) mass is 376 g/mol. The smallest absolute Gasteiger partial charge is 0.223 e. The van der Waals surface area contributed by atoms with Crippen LogP contribution >= 0.6 is 0 Å². The third kappa shape index (κ3) is 3.68. The number of rotatable bonds is 7. The molecule has 2 aromatic rings. The van der Waals surface area contributed by atoms with E-state index < -0.39 is 0 Å². The fourth-order valence-corrected chi connectivity index (χ4v) is 4.92. The molecule has 4 heteroatoms. The van der Waals surface area contributed by atoms with Crippen LogP contribution < -0.4 is 5.73 Å². The molecule has 0 radical (unpaired) electrons. The fraction of sp³-hybridized carbons (Fsp3) is 0.417. The number of hydrogen-bond acceptors (Lipinski definition) is 2. The van der Waals surface area contributed by atoms with Gasteiger partial charge < -0.3 is 10.6 Å². The quantitative estimate of drug-likeness (QED) is 0.735. The highest BCUT2D eigenvalue weighted by Gasteiger charge is 2.38. The van der Waals surface area contributed by atoms with E-state index in [2.05, 4.69) is 53.4 Å². The molecule has 2 amide bonds. The molecule has 2 aliphatic rings. The van der Waals surface area contributed by atoms with Gasteiger partial charge in [0.2, 0.25) is 11.8 Å². The number of carbonyl (C=O) groups excluding carboxylic acids is 2. The molecular formula is C24H28N2O2. The van der Waals surface area contributed by atoms with Gasteiger partial charge in [-0.3, -0.25) is 9.59 Å². The van der Waals surface area contributed by atoms with Crippen LogP contribution in [-0.4, -0.2) is 16.7 Å². The average molecular weight is 377 g/mol. The largest absolute Gasteiger partial charge is 0.370 e.